The van der Waals surface area contributed by atoms with Crippen molar-refractivity contribution >= 4 is 27.5 Å². The Morgan fingerprint density at radius 2 is 1.93 bits per heavy atom. The number of fused-ring (bicyclic) bond motifs is 2. The summed E-state index contributed by atoms with van der Waals surface area (Å²) in [6.45, 7) is 2.90. The number of hydrogen-bond acceptors (Lipinski definition) is 5. The second kappa shape index (κ2) is 7.56. The first-order valence-corrected chi connectivity index (χ1v) is 9.87. The number of hydrogen-bond donors (Lipinski definition) is 1. The van der Waals surface area contributed by atoms with E-state index >= 15 is 0 Å². The number of benzene rings is 2. The predicted molar refractivity (Wildman–Crippen MR) is 105 cm³/mol. The minimum absolute atomic E-state index is 0.124. The molecule has 1 aliphatic rings. The molecule has 1 atom stereocenters. The molecule has 5 nitrogen and oxygen atoms in total. The Kier molecular flexibility index (Phi) is 4.99. The molecule has 1 N–H and O–H groups in total. The smallest absolute Gasteiger partial charge is 0.303 e. The molecule has 140 valence electrons. The second-order valence-corrected chi connectivity index (χ2v) is 7.99. The van der Waals surface area contributed by atoms with E-state index in [0.717, 1.165) is 45.1 Å². The molecule has 4 rings (SSSR count). The van der Waals surface area contributed by atoms with Gasteiger partial charge in [0.1, 0.15) is 24.7 Å². The van der Waals surface area contributed by atoms with Crippen LogP contribution in [0.1, 0.15) is 34.9 Å². The van der Waals surface area contributed by atoms with Crippen molar-refractivity contribution in [3.63, 3.8) is 0 Å². The number of carboxylic acid groups (broad SMARTS) is 1. The van der Waals surface area contributed by atoms with Crippen LogP contribution in [0.3, 0.4) is 0 Å². The average molecular weight is 383 g/mol. The Balaban J connectivity index is 1.31. The van der Waals surface area contributed by atoms with E-state index in [1.165, 1.54) is 5.56 Å². The number of nitrogens with zero attached hydrogens (tertiary/aromatic N) is 1. The van der Waals surface area contributed by atoms with Crippen molar-refractivity contribution in [2.24, 2.45) is 0 Å². The first-order chi connectivity index (χ1) is 13.1. The lowest BCUT2D eigenvalue weighted by molar-refractivity contribution is -0.137. The minimum atomic E-state index is -0.740. The topological polar surface area (TPSA) is 68.7 Å². The average Bonchev–Trinajstić information content (AvgIpc) is 3.20. The van der Waals surface area contributed by atoms with E-state index in [2.05, 4.69) is 4.98 Å². The zero-order chi connectivity index (χ0) is 18.8. The van der Waals surface area contributed by atoms with Crippen molar-refractivity contribution in [1.82, 2.24) is 4.98 Å². The summed E-state index contributed by atoms with van der Waals surface area (Å²) >= 11 is 1.68. The first-order valence-electron chi connectivity index (χ1n) is 9.06. The van der Waals surface area contributed by atoms with E-state index in [1.54, 1.807) is 11.3 Å². The van der Waals surface area contributed by atoms with E-state index in [0.29, 0.717) is 13.2 Å². The largest absolute Gasteiger partial charge is 0.490 e. The number of thiazole rings is 1. The highest BCUT2D eigenvalue weighted by Crippen LogP contribution is 2.37. The zero-order valence-electron chi connectivity index (χ0n) is 15.1. The normalized spacial score (nSPS) is 15.7. The number of ether oxygens (including phenoxy) is 2. The van der Waals surface area contributed by atoms with Gasteiger partial charge in [0.25, 0.3) is 0 Å². The number of aromatic nitrogens is 1. The van der Waals surface area contributed by atoms with Crippen molar-refractivity contribution < 1.29 is 19.4 Å². The molecular weight excluding hydrogens is 362 g/mol. The third-order valence-electron chi connectivity index (χ3n) is 4.82. The van der Waals surface area contributed by atoms with Crippen molar-refractivity contribution in [3.05, 3.63) is 52.5 Å². The zero-order valence-corrected chi connectivity index (χ0v) is 15.9. The molecule has 2 aromatic carbocycles. The van der Waals surface area contributed by atoms with Gasteiger partial charge in [-0.1, -0.05) is 6.07 Å². The van der Waals surface area contributed by atoms with Crippen molar-refractivity contribution in [2.45, 2.75) is 32.1 Å². The van der Waals surface area contributed by atoms with Crippen molar-refractivity contribution in [1.29, 1.82) is 0 Å². The number of rotatable bonds is 7. The molecule has 1 heterocycles. The third kappa shape index (κ3) is 4.06. The quantitative estimate of drug-likeness (QED) is 0.606. The van der Waals surface area contributed by atoms with Gasteiger partial charge in [0.2, 0.25) is 0 Å². The molecule has 0 aliphatic heterocycles. The molecule has 1 aliphatic carbocycles. The van der Waals surface area contributed by atoms with Crippen LogP contribution in [0.25, 0.3) is 10.2 Å². The molecular formula is C21H21NO4S. The van der Waals surface area contributed by atoms with E-state index in [-0.39, 0.29) is 12.3 Å². The van der Waals surface area contributed by atoms with Gasteiger partial charge < -0.3 is 14.6 Å². The fraction of sp³-hybridized carbons (Fsp3) is 0.333. The Bertz CT molecular complexity index is 981. The van der Waals surface area contributed by atoms with Gasteiger partial charge in [-0.15, -0.1) is 11.3 Å². The Hall–Kier alpha value is -2.60. The highest BCUT2D eigenvalue weighted by atomic mass is 32.1. The van der Waals surface area contributed by atoms with Gasteiger partial charge in [-0.3, -0.25) is 4.79 Å². The van der Waals surface area contributed by atoms with Crippen LogP contribution in [-0.4, -0.2) is 29.3 Å². The molecule has 1 aromatic heterocycles. The molecule has 0 amide bonds. The Morgan fingerprint density at radius 1 is 1.19 bits per heavy atom. The van der Waals surface area contributed by atoms with Crippen LogP contribution in [-0.2, 0) is 11.2 Å². The molecule has 0 fully saturated rings. The summed E-state index contributed by atoms with van der Waals surface area (Å²) < 4.78 is 12.7. The van der Waals surface area contributed by atoms with E-state index in [1.807, 2.05) is 43.3 Å². The molecule has 0 saturated heterocycles. The van der Waals surface area contributed by atoms with Crippen LogP contribution in [0.2, 0.25) is 0 Å². The van der Waals surface area contributed by atoms with E-state index in [4.69, 9.17) is 14.6 Å². The summed E-state index contributed by atoms with van der Waals surface area (Å²) in [5.41, 5.74) is 3.31. The minimum Gasteiger partial charge on any atom is -0.490 e. The van der Waals surface area contributed by atoms with Gasteiger partial charge in [-0.2, -0.15) is 0 Å². The Morgan fingerprint density at radius 3 is 2.70 bits per heavy atom. The van der Waals surface area contributed by atoms with Crippen LogP contribution in [0.5, 0.6) is 11.5 Å². The van der Waals surface area contributed by atoms with Gasteiger partial charge in [0.15, 0.2) is 0 Å². The van der Waals surface area contributed by atoms with Crippen molar-refractivity contribution in [2.75, 3.05) is 13.2 Å². The summed E-state index contributed by atoms with van der Waals surface area (Å²) in [7, 11) is 0. The lowest BCUT2D eigenvalue weighted by atomic mass is 9.98. The SMILES string of the molecule is Cc1nc2cc(OCCOc3ccc4c(c3)CC[C@H]4CC(=O)O)ccc2s1. The summed E-state index contributed by atoms with van der Waals surface area (Å²) in [6, 6.07) is 11.9. The Labute approximate surface area is 161 Å². The monoisotopic (exact) mass is 383 g/mol. The summed E-state index contributed by atoms with van der Waals surface area (Å²) in [5.74, 6) is 0.983. The fourth-order valence-electron chi connectivity index (χ4n) is 3.63. The molecule has 6 heteroatoms. The standard InChI is InChI=1S/C21H21NO4S/c1-13-22-19-12-17(5-7-20(19)27-13)26-9-8-25-16-4-6-18-14(10-16)2-3-15(18)11-21(23)24/h4-7,10,12,15H,2-3,8-9,11H2,1H3,(H,23,24)/t15-/m0/s1. The molecule has 0 unspecified atom stereocenters. The molecule has 0 saturated carbocycles. The van der Waals surface area contributed by atoms with Gasteiger partial charge in [-0.05, 0) is 61.1 Å². The number of carbonyl (C=O) groups is 1. The van der Waals surface area contributed by atoms with Crippen LogP contribution in [0.15, 0.2) is 36.4 Å². The maximum Gasteiger partial charge on any atom is 0.303 e. The maximum atomic E-state index is 11.0. The molecule has 3 aromatic rings. The van der Waals surface area contributed by atoms with Gasteiger partial charge in [0, 0.05) is 6.07 Å². The van der Waals surface area contributed by atoms with Gasteiger partial charge in [-0.25, -0.2) is 4.98 Å². The number of carboxylic acids is 1. The summed E-state index contributed by atoms with van der Waals surface area (Å²) in [5, 5.41) is 10.1. The first kappa shape index (κ1) is 17.8. The molecule has 0 radical (unpaired) electrons. The van der Waals surface area contributed by atoms with Crippen LogP contribution in [0.4, 0.5) is 0 Å². The van der Waals surface area contributed by atoms with Crippen molar-refractivity contribution in [3.8, 4) is 11.5 Å². The summed E-state index contributed by atoms with van der Waals surface area (Å²) in [4.78, 5) is 15.4. The van der Waals surface area contributed by atoms with Gasteiger partial charge in [0.05, 0.1) is 21.6 Å². The summed E-state index contributed by atoms with van der Waals surface area (Å²) in [6.07, 6.45) is 2.00. The highest BCUT2D eigenvalue weighted by molar-refractivity contribution is 7.18. The molecule has 0 bridgehead atoms. The lowest BCUT2D eigenvalue weighted by Gasteiger charge is -2.11. The second-order valence-electron chi connectivity index (χ2n) is 6.75. The lowest BCUT2D eigenvalue weighted by Crippen LogP contribution is -2.09. The third-order valence-corrected chi connectivity index (χ3v) is 5.78. The van der Waals surface area contributed by atoms with E-state index in [9.17, 15) is 4.79 Å². The van der Waals surface area contributed by atoms with Gasteiger partial charge >= 0.3 is 5.97 Å². The highest BCUT2D eigenvalue weighted by Gasteiger charge is 2.24. The molecule has 27 heavy (non-hydrogen) atoms. The van der Waals surface area contributed by atoms with Crippen LogP contribution >= 0.6 is 11.3 Å². The van der Waals surface area contributed by atoms with E-state index < -0.39 is 5.97 Å². The number of aryl methyl sites for hydroxylation is 2. The van der Waals surface area contributed by atoms with Crippen LogP contribution < -0.4 is 9.47 Å². The fourth-order valence-corrected chi connectivity index (χ4v) is 4.43. The van der Waals surface area contributed by atoms with Crippen LogP contribution in [0, 0.1) is 6.92 Å². The maximum absolute atomic E-state index is 11.0. The number of aliphatic carboxylic acids is 1. The predicted octanol–water partition coefficient (Wildman–Crippen LogP) is 4.57. The molecule has 0 spiro atoms.